The minimum absolute atomic E-state index is 0.114. The minimum Gasteiger partial charge on any atom is -0.493 e. The number of benzene rings is 2. The molecule has 8 nitrogen and oxygen atoms in total. The standard InChI is InChI=1S/C21H22N4O4/c1-3-28-18-9-13(7-8-17(18)27-2)16(10-19-24-23-12-29-19)25-11-14-5-4-6-15(22)20(14)21(25)26/h4-9,12,16H,3,10-11,22H2,1-2H3. The summed E-state index contributed by atoms with van der Waals surface area (Å²) in [5, 5.41) is 7.76. The van der Waals surface area contributed by atoms with E-state index >= 15 is 0 Å². The molecule has 0 bridgehead atoms. The first-order valence-electron chi connectivity index (χ1n) is 9.36. The van der Waals surface area contributed by atoms with Crippen LogP contribution < -0.4 is 15.2 Å². The Morgan fingerprint density at radius 1 is 1.28 bits per heavy atom. The summed E-state index contributed by atoms with van der Waals surface area (Å²) in [5.41, 5.74) is 8.90. The van der Waals surface area contributed by atoms with Gasteiger partial charge >= 0.3 is 0 Å². The molecule has 1 amide bonds. The third-order valence-corrected chi connectivity index (χ3v) is 5.02. The van der Waals surface area contributed by atoms with E-state index in [1.54, 1.807) is 18.1 Å². The molecule has 1 aliphatic heterocycles. The number of nitrogens with zero attached hydrogens (tertiary/aromatic N) is 3. The molecule has 0 radical (unpaired) electrons. The lowest BCUT2D eigenvalue weighted by Gasteiger charge is -2.28. The topological polar surface area (TPSA) is 104 Å². The molecular formula is C21H22N4O4. The molecule has 0 fully saturated rings. The Labute approximate surface area is 168 Å². The molecule has 0 saturated carbocycles. The molecule has 1 unspecified atom stereocenters. The SMILES string of the molecule is CCOc1cc(C(Cc2nnco2)N2Cc3cccc(N)c3C2=O)ccc1OC. The number of fused-ring (bicyclic) bond motifs is 1. The van der Waals surface area contributed by atoms with Crippen LogP contribution in [-0.2, 0) is 13.0 Å². The molecule has 1 aromatic heterocycles. The fourth-order valence-corrected chi connectivity index (χ4v) is 3.69. The van der Waals surface area contributed by atoms with Crippen LogP contribution in [0.4, 0.5) is 5.69 Å². The van der Waals surface area contributed by atoms with Gasteiger partial charge < -0.3 is 24.5 Å². The summed E-state index contributed by atoms with van der Waals surface area (Å²) in [4.78, 5) is 15.0. The third-order valence-electron chi connectivity index (χ3n) is 5.02. The van der Waals surface area contributed by atoms with Crippen LogP contribution in [0.2, 0.25) is 0 Å². The summed E-state index contributed by atoms with van der Waals surface area (Å²) in [7, 11) is 1.59. The quantitative estimate of drug-likeness (QED) is 0.614. The molecule has 150 valence electrons. The number of carbonyl (C=O) groups is 1. The number of nitrogen functional groups attached to an aromatic ring is 1. The second-order valence-corrected chi connectivity index (χ2v) is 6.71. The minimum atomic E-state index is -0.333. The van der Waals surface area contributed by atoms with Gasteiger partial charge in [0.25, 0.3) is 5.91 Å². The van der Waals surface area contributed by atoms with E-state index in [4.69, 9.17) is 19.6 Å². The van der Waals surface area contributed by atoms with Gasteiger partial charge in [-0.2, -0.15) is 0 Å². The smallest absolute Gasteiger partial charge is 0.257 e. The average Bonchev–Trinajstić information content (AvgIpc) is 3.35. The number of carbonyl (C=O) groups excluding carboxylic acids is 1. The first kappa shape index (κ1) is 18.8. The average molecular weight is 394 g/mol. The molecule has 1 atom stereocenters. The zero-order valence-corrected chi connectivity index (χ0v) is 16.3. The van der Waals surface area contributed by atoms with Crippen molar-refractivity contribution in [1.29, 1.82) is 0 Å². The summed E-state index contributed by atoms with van der Waals surface area (Å²) < 4.78 is 16.5. The monoisotopic (exact) mass is 394 g/mol. The number of anilines is 1. The van der Waals surface area contributed by atoms with Gasteiger partial charge in [0.2, 0.25) is 12.3 Å². The van der Waals surface area contributed by atoms with Crippen LogP contribution in [-0.4, -0.2) is 34.7 Å². The van der Waals surface area contributed by atoms with Crippen molar-refractivity contribution < 1.29 is 18.7 Å². The van der Waals surface area contributed by atoms with E-state index in [1.165, 1.54) is 6.39 Å². The molecule has 8 heteroatoms. The molecule has 2 N–H and O–H groups in total. The number of hydrogen-bond donors (Lipinski definition) is 1. The van der Waals surface area contributed by atoms with Crippen LogP contribution >= 0.6 is 0 Å². The van der Waals surface area contributed by atoms with Crippen molar-refractivity contribution in [3.8, 4) is 11.5 Å². The fraction of sp³-hybridized carbons (Fsp3) is 0.286. The largest absolute Gasteiger partial charge is 0.493 e. The van der Waals surface area contributed by atoms with Gasteiger partial charge in [0.05, 0.1) is 31.7 Å². The van der Waals surface area contributed by atoms with Crippen LogP contribution in [0.25, 0.3) is 0 Å². The summed E-state index contributed by atoms with van der Waals surface area (Å²) in [6.07, 6.45) is 1.65. The Balaban J connectivity index is 1.75. The van der Waals surface area contributed by atoms with Crippen LogP contribution in [0, 0.1) is 0 Å². The molecule has 2 heterocycles. The molecule has 1 aliphatic rings. The Morgan fingerprint density at radius 3 is 2.83 bits per heavy atom. The Bertz CT molecular complexity index is 1020. The maximum absolute atomic E-state index is 13.2. The molecule has 2 aromatic carbocycles. The van der Waals surface area contributed by atoms with Crippen molar-refractivity contribution in [3.63, 3.8) is 0 Å². The predicted molar refractivity (Wildman–Crippen MR) is 106 cm³/mol. The molecule has 29 heavy (non-hydrogen) atoms. The highest BCUT2D eigenvalue weighted by atomic mass is 16.5. The van der Waals surface area contributed by atoms with Gasteiger partial charge in [-0.05, 0) is 36.2 Å². The molecule has 0 saturated heterocycles. The van der Waals surface area contributed by atoms with Gasteiger partial charge in [-0.3, -0.25) is 4.79 Å². The van der Waals surface area contributed by atoms with Crippen molar-refractivity contribution >= 4 is 11.6 Å². The van der Waals surface area contributed by atoms with Crippen molar-refractivity contribution in [2.24, 2.45) is 0 Å². The van der Waals surface area contributed by atoms with Crippen molar-refractivity contribution in [2.75, 3.05) is 19.5 Å². The van der Waals surface area contributed by atoms with E-state index in [2.05, 4.69) is 10.2 Å². The van der Waals surface area contributed by atoms with E-state index in [-0.39, 0.29) is 11.9 Å². The van der Waals surface area contributed by atoms with Gasteiger partial charge in [-0.1, -0.05) is 18.2 Å². The highest BCUT2D eigenvalue weighted by molar-refractivity contribution is 6.03. The van der Waals surface area contributed by atoms with Crippen LogP contribution in [0.3, 0.4) is 0 Å². The van der Waals surface area contributed by atoms with Gasteiger partial charge in [0.15, 0.2) is 11.5 Å². The number of nitrogens with two attached hydrogens (primary N) is 1. The van der Waals surface area contributed by atoms with E-state index in [0.29, 0.717) is 48.2 Å². The zero-order chi connectivity index (χ0) is 20.4. The first-order chi connectivity index (χ1) is 14.1. The van der Waals surface area contributed by atoms with Gasteiger partial charge in [0.1, 0.15) is 0 Å². The van der Waals surface area contributed by atoms with Gasteiger partial charge in [0, 0.05) is 12.2 Å². The maximum atomic E-state index is 13.2. The summed E-state index contributed by atoms with van der Waals surface area (Å²) in [6.45, 7) is 2.86. The van der Waals surface area contributed by atoms with Crippen molar-refractivity contribution in [1.82, 2.24) is 15.1 Å². The van der Waals surface area contributed by atoms with E-state index in [1.807, 2.05) is 37.3 Å². The Kier molecular flexibility index (Phi) is 5.07. The molecule has 0 aliphatic carbocycles. The number of ether oxygens (including phenoxy) is 2. The highest BCUT2D eigenvalue weighted by Gasteiger charge is 2.36. The normalized spacial score (nSPS) is 14.0. The van der Waals surface area contributed by atoms with Crippen molar-refractivity contribution in [3.05, 3.63) is 65.4 Å². The molecule has 3 aromatic rings. The highest BCUT2D eigenvalue weighted by Crippen LogP contribution is 2.38. The summed E-state index contributed by atoms with van der Waals surface area (Å²) in [5.74, 6) is 1.58. The number of methoxy groups -OCH3 is 1. The molecular weight excluding hydrogens is 372 g/mol. The van der Waals surface area contributed by atoms with Crippen LogP contribution in [0.1, 0.15) is 40.3 Å². The fourth-order valence-electron chi connectivity index (χ4n) is 3.69. The van der Waals surface area contributed by atoms with Crippen LogP contribution in [0.5, 0.6) is 11.5 Å². The second kappa shape index (κ2) is 7.83. The summed E-state index contributed by atoms with van der Waals surface area (Å²) in [6, 6.07) is 10.8. The lowest BCUT2D eigenvalue weighted by molar-refractivity contribution is 0.0694. The molecule has 4 rings (SSSR count). The molecule has 0 spiro atoms. The first-order valence-corrected chi connectivity index (χ1v) is 9.36. The lowest BCUT2D eigenvalue weighted by atomic mass is 10.0. The van der Waals surface area contributed by atoms with E-state index in [9.17, 15) is 4.79 Å². The van der Waals surface area contributed by atoms with E-state index < -0.39 is 0 Å². The number of aromatic nitrogens is 2. The maximum Gasteiger partial charge on any atom is 0.257 e. The number of rotatable bonds is 7. The second-order valence-electron chi connectivity index (χ2n) is 6.71. The lowest BCUT2D eigenvalue weighted by Crippen LogP contribution is -2.31. The summed E-state index contributed by atoms with van der Waals surface area (Å²) >= 11 is 0. The number of amides is 1. The van der Waals surface area contributed by atoms with Gasteiger partial charge in [-0.15, -0.1) is 10.2 Å². The van der Waals surface area contributed by atoms with E-state index in [0.717, 1.165) is 11.1 Å². The predicted octanol–water partition coefficient (Wildman–Crippen LogP) is 3.00. The van der Waals surface area contributed by atoms with Crippen LogP contribution in [0.15, 0.2) is 47.2 Å². The zero-order valence-electron chi connectivity index (χ0n) is 16.3. The Morgan fingerprint density at radius 2 is 2.14 bits per heavy atom. The Hall–Kier alpha value is -3.55. The third kappa shape index (κ3) is 3.49. The number of hydrogen-bond acceptors (Lipinski definition) is 7. The van der Waals surface area contributed by atoms with Gasteiger partial charge in [-0.25, -0.2) is 0 Å². The van der Waals surface area contributed by atoms with Crippen molar-refractivity contribution in [2.45, 2.75) is 25.9 Å².